The maximum atomic E-state index is 14.1. The van der Waals surface area contributed by atoms with Crippen molar-refractivity contribution < 1.29 is 29.3 Å². The molecule has 35 heavy (non-hydrogen) atoms. The summed E-state index contributed by atoms with van der Waals surface area (Å²) in [5, 5.41) is 20.4. The highest BCUT2D eigenvalue weighted by Gasteiger charge is 2.77. The van der Waals surface area contributed by atoms with E-state index in [0.717, 1.165) is 18.4 Å². The van der Waals surface area contributed by atoms with Gasteiger partial charge in [0, 0.05) is 17.9 Å². The first-order valence-electron chi connectivity index (χ1n) is 12.2. The zero-order chi connectivity index (χ0) is 25.3. The van der Waals surface area contributed by atoms with Crippen molar-refractivity contribution >= 4 is 33.7 Å². The number of rotatable bonds is 11. The summed E-state index contributed by atoms with van der Waals surface area (Å²) in [4.78, 5) is 43.2. The van der Waals surface area contributed by atoms with Gasteiger partial charge in [-0.15, -0.1) is 6.58 Å². The van der Waals surface area contributed by atoms with Crippen LogP contribution in [0.2, 0.25) is 0 Å². The van der Waals surface area contributed by atoms with Gasteiger partial charge < -0.3 is 24.7 Å². The molecule has 0 saturated carbocycles. The smallest absolute Gasteiger partial charge is 0.310 e. The molecule has 3 heterocycles. The first-order chi connectivity index (χ1) is 16.8. The largest absolute Gasteiger partial charge is 0.481 e. The molecular weight excluding hydrogens is 516 g/mol. The molecule has 0 aliphatic carbocycles. The number of nitrogens with zero attached hydrogens (tertiary/aromatic N) is 2. The van der Waals surface area contributed by atoms with E-state index in [0.29, 0.717) is 25.9 Å². The second-order valence-corrected chi connectivity index (χ2v) is 10.9. The van der Waals surface area contributed by atoms with Gasteiger partial charge in [0.25, 0.3) is 0 Å². The Bertz CT molecular complexity index is 974. The van der Waals surface area contributed by atoms with Crippen LogP contribution in [0.1, 0.15) is 31.7 Å². The van der Waals surface area contributed by atoms with Gasteiger partial charge in [-0.2, -0.15) is 0 Å². The minimum Gasteiger partial charge on any atom is -0.481 e. The van der Waals surface area contributed by atoms with Gasteiger partial charge in [0.15, 0.2) is 0 Å². The molecule has 1 spiro atoms. The van der Waals surface area contributed by atoms with Crippen LogP contribution in [-0.4, -0.2) is 86.1 Å². The molecule has 4 rings (SSSR count). The number of aliphatic hydroxyl groups excluding tert-OH is 1. The van der Waals surface area contributed by atoms with E-state index in [9.17, 15) is 24.6 Å². The van der Waals surface area contributed by atoms with E-state index >= 15 is 0 Å². The molecule has 3 aliphatic rings. The quantitative estimate of drug-likeness (QED) is 0.324. The van der Waals surface area contributed by atoms with Gasteiger partial charge in [-0.05, 0) is 24.8 Å². The second kappa shape index (κ2) is 10.4. The molecule has 1 aromatic carbocycles. The monoisotopic (exact) mass is 548 g/mol. The molecule has 1 unspecified atom stereocenters. The highest BCUT2D eigenvalue weighted by atomic mass is 79.9. The van der Waals surface area contributed by atoms with Gasteiger partial charge in [-0.1, -0.05) is 65.7 Å². The molecule has 0 aromatic heterocycles. The molecule has 3 fully saturated rings. The lowest BCUT2D eigenvalue weighted by Gasteiger charge is -2.39. The summed E-state index contributed by atoms with van der Waals surface area (Å²) in [5.74, 6) is -3.85. The maximum absolute atomic E-state index is 14.1. The first-order valence-corrected chi connectivity index (χ1v) is 13.1. The molecular formula is C26H33BrN2O6. The van der Waals surface area contributed by atoms with Crippen molar-refractivity contribution in [2.75, 3.05) is 19.7 Å². The van der Waals surface area contributed by atoms with Crippen molar-refractivity contribution in [3.8, 4) is 0 Å². The number of unbranched alkanes of at least 4 members (excludes halogenated alkanes) is 1. The molecule has 1 aromatic rings. The van der Waals surface area contributed by atoms with Crippen LogP contribution in [0.4, 0.5) is 0 Å². The van der Waals surface area contributed by atoms with E-state index in [-0.39, 0.29) is 17.3 Å². The number of benzene rings is 1. The topological polar surface area (TPSA) is 107 Å². The average molecular weight is 549 g/mol. The van der Waals surface area contributed by atoms with Gasteiger partial charge in [0.2, 0.25) is 11.8 Å². The fraction of sp³-hybridized carbons (Fsp3) is 0.577. The van der Waals surface area contributed by atoms with Gasteiger partial charge in [-0.25, -0.2) is 0 Å². The number of aliphatic carboxylic acids is 1. The zero-order valence-electron chi connectivity index (χ0n) is 19.9. The number of carbonyl (C=O) groups is 3. The van der Waals surface area contributed by atoms with Crippen molar-refractivity contribution in [1.82, 2.24) is 9.80 Å². The first kappa shape index (κ1) is 25.9. The van der Waals surface area contributed by atoms with Gasteiger partial charge in [0.1, 0.15) is 11.6 Å². The summed E-state index contributed by atoms with van der Waals surface area (Å²) < 4.78 is 6.34. The van der Waals surface area contributed by atoms with Crippen molar-refractivity contribution in [2.24, 2.45) is 11.8 Å². The third-order valence-electron chi connectivity index (χ3n) is 7.61. The molecule has 2 N–H and O–H groups in total. The van der Waals surface area contributed by atoms with Crippen LogP contribution in [-0.2, 0) is 25.5 Å². The number of carboxylic acids is 1. The second-order valence-electron chi connectivity index (χ2n) is 9.70. The maximum Gasteiger partial charge on any atom is 0.310 e. The normalized spacial score (nSPS) is 31.9. The zero-order valence-corrected chi connectivity index (χ0v) is 21.5. The minimum atomic E-state index is -1.26. The van der Waals surface area contributed by atoms with Crippen LogP contribution in [0.25, 0.3) is 0 Å². The van der Waals surface area contributed by atoms with Crippen molar-refractivity contribution in [3.05, 3.63) is 48.6 Å². The SMILES string of the molecule is C=CCN(CCCC)C(=O)[C@H]1N([C@@H](CO)Cc2ccccc2)C(=O)[C@@H]2[C@@H](C(=O)O)[C@@H]3O[C@@]21CC3Br. The number of ether oxygens (including phenoxy) is 1. The van der Waals surface area contributed by atoms with Gasteiger partial charge in [0.05, 0.1) is 30.6 Å². The lowest BCUT2D eigenvalue weighted by molar-refractivity contribution is -0.153. The van der Waals surface area contributed by atoms with Crippen LogP contribution < -0.4 is 0 Å². The predicted molar refractivity (Wildman–Crippen MR) is 133 cm³/mol. The van der Waals surface area contributed by atoms with Crippen LogP contribution in [0.5, 0.6) is 0 Å². The highest BCUT2D eigenvalue weighted by Crippen LogP contribution is 2.60. The highest BCUT2D eigenvalue weighted by molar-refractivity contribution is 9.09. The average Bonchev–Trinajstić information content (AvgIpc) is 3.44. The summed E-state index contributed by atoms with van der Waals surface area (Å²) in [5.41, 5.74) is -0.348. The van der Waals surface area contributed by atoms with Crippen LogP contribution in [0, 0.1) is 11.8 Å². The molecule has 0 radical (unpaired) electrons. The number of hydrogen-bond donors (Lipinski definition) is 2. The standard InChI is InChI=1S/C26H33BrN2O6/c1-3-5-12-28(11-4-2)24(32)22-26-14-18(27)21(35-26)19(25(33)34)20(26)23(31)29(22)17(15-30)13-16-9-7-6-8-10-16/h4,6-10,17-22,30H,2-3,5,11-15H2,1H3,(H,33,34)/t17-,18?,19-,20+,21-,22-,26+/m1/s1. The third-order valence-corrected chi connectivity index (χ3v) is 8.45. The van der Waals surface area contributed by atoms with E-state index < -0.39 is 47.5 Å². The predicted octanol–water partition coefficient (Wildman–Crippen LogP) is 2.24. The van der Waals surface area contributed by atoms with Crippen molar-refractivity contribution in [3.63, 3.8) is 0 Å². The Morgan fingerprint density at radius 3 is 2.69 bits per heavy atom. The van der Waals surface area contributed by atoms with E-state index in [1.54, 1.807) is 11.0 Å². The van der Waals surface area contributed by atoms with E-state index in [2.05, 4.69) is 22.5 Å². The molecule has 8 nitrogen and oxygen atoms in total. The van der Waals surface area contributed by atoms with Crippen LogP contribution >= 0.6 is 15.9 Å². The molecule has 3 aliphatic heterocycles. The minimum absolute atomic E-state index is 0.284. The number of hydrogen-bond acceptors (Lipinski definition) is 5. The number of halogens is 1. The van der Waals surface area contributed by atoms with Crippen molar-refractivity contribution in [2.45, 2.75) is 61.2 Å². The summed E-state index contributed by atoms with van der Waals surface area (Å²) >= 11 is 3.56. The Balaban J connectivity index is 1.79. The molecule has 2 bridgehead atoms. The number of fused-ring (bicyclic) bond motifs is 1. The Hall–Kier alpha value is -2.23. The number of alkyl halides is 1. The Labute approximate surface area is 214 Å². The van der Waals surface area contributed by atoms with E-state index in [4.69, 9.17) is 4.74 Å². The number of carbonyl (C=O) groups excluding carboxylic acids is 2. The Morgan fingerprint density at radius 1 is 1.37 bits per heavy atom. The third kappa shape index (κ3) is 4.32. The number of amides is 2. The summed E-state index contributed by atoms with van der Waals surface area (Å²) in [6, 6.07) is 7.73. The van der Waals surface area contributed by atoms with Crippen molar-refractivity contribution in [1.29, 1.82) is 0 Å². The van der Waals surface area contributed by atoms with Gasteiger partial charge >= 0.3 is 5.97 Å². The fourth-order valence-corrected chi connectivity index (χ4v) is 7.07. The lowest BCUT2D eigenvalue weighted by atomic mass is 9.70. The number of likely N-dealkylation sites (tertiary alicyclic amines) is 1. The molecule has 2 amide bonds. The summed E-state index contributed by atoms with van der Waals surface area (Å²) in [6.07, 6.45) is 3.32. The van der Waals surface area contributed by atoms with E-state index in [1.165, 1.54) is 4.90 Å². The Morgan fingerprint density at radius 2 is 2.09 bits per heavy atom. The van der Waals surface area contributed by atoms with Crippen LogP contribution in [0.15, 0.2) is 43.0 Å². The van der Waals surface area contributed by atoms with Gasteiger partial charge in [-0.3, -0.25) is 14.4 Å². The molecule has 190 valence electrons. The molecule has 7 atom stereocenters. The summed E-state index contributed by atoms with van der Waals surface area (Å²) in [6.45, 7) is 6.27. The molecule has 3 saturated heterocycles. The van der Waals surface area contributed by atoms with Crippen LogP contribution in [0.3, 0.4) is 0 Å². The Kier molecular flexibility index (Phi) is 7.68. The lowest BCUT2D eigenvalue weighted by Crippen LogP contribution is -2.59. The number of carboxylic acid groups (broad SMARTS) is 1. The van der Waals surface area contributed by atoms with E-state index in [1.807, 2.05) is 37.3 Å². The molecule has 9 heteroatoms. The fourth-order valence-electron chi connectivity index (χ4n) is 6.13. The summed E-state index contributed by atoms with van der Waals surface area (Å²) in [7, 11) is 0. The number of aliphatic hydroxyl groups is 1.